The molecule has 0 radical (unpaired) electrons. The largest absolute Gasteiger partial charge is 0.300 e. The van der Waals surface area contributed by atoms with E-state index >= 15 is 0 Å². The fourth-order valence-corrected chi connectivity index (χ4v) is 1.54. The number of rotatable bonds is 5. The van der Waals surface area contributed by atoms with Gasteiger partial charge in [0.25, 0.3) is 0 Å². The Balaban J connectivity index is 2.22. The first-order chi connectivity index (χ1) is 6.33. The molecule has 0 N–H and O–H groups in total. The molecule has 0 unspecified atom stereocenters. The van der Waals surface area contributed by atoms with Crippen LogP contribution in [0.5, 0.6) is 0 Å². The topological polar surface area (TPSA) is 17.1 Å². The van der Waals surface area contributed by atoms with E-state index in [0.717, 1.165) is 38.5 Å². The van der Waals surface area contributed by atoms with E-state index in [1.54, 1.807) is 0 Å². The quantitative estimate of drug-likeness (QED) is 0.630. The van der Waals surface area contributed by atoms with Crippen molar-refractivity contribution in [2.24, 2.45) is 0 Å². The van der Waals surface area contributed by atoms with Crippen molar-refractivity contribution in [2.75, 3.05) is 0 Å². The summed E-state index contributed by atoms with van der Waals surface area (Å²) in [5.41, 5.74) is 1.34. The molecule has 0 atom stereocenters. The van der Waals surface area contributed by atoms with Crippen molar-refractivity contribution < 1.29 is 4.79 Å². The predicted molar refractivity (Wildman–Crippen MR) is 55.6 cm³/mol. The first-order valence-electron chi connectivity index (χ1n) is 5.20. The third kappa shape index (κ3) is 4.07. The zero-order chi connectivity index (χ0) is 9.52. The Morgan fingerprint density at radius 1 is 1.38 bits per heavy atom. The smallest absolute Gasteiger partial charge is 0.133 e. The summed E-state index contributed by atoms with van der Waals surface area (Å²) < 4.78 is 0. The van der Waals surface area contributed by atoms with E-state index in [-0.39, 0.29) is 0 Å². The van der Waals surface area contributed by atoms with Gasteiger partial charge in [-0.1, -0.05) is 30.7 Å². The molecule has 0 spiro atoms. The van der Waals surface area contributed by atoms with Gasteiger partial charge in [0.05, 0.1) is 0 Å². The molecular formula is C12H18O. The zero-order valence-corrected chi connectivity index (χ0v) is 8.38. The van der Waals surface area contributed by atoms with E-state index in [2.05, 4.69) is 25.2 Å². The maximum absolute atomic E-state index is 11.2. The Kier molecular flexibility index (Phi) is 4.52. The van der Waals surface area contributed by atoms with Crippen LogP contribution >= 0.6 is 0 Å². The van der Waals surface area contributed by atoms with Crippen LogP contribution in [0, 0.1) is 0 Å². The molecule has 72 valence electrons. The molecule has 0 saturated carbocycles. The highest BCUT2D eigenvalue weighted by molar-refractivity contribution is 5.78. The molecule has 0 amide bonds. The second kappa shape index (κ2) is 5.74. The molecule has 1 rings (SSSR count). The van der Waals surface area contributed by atoms with Gasteiger partial charge in [0, 0.05) is 12.8 Å². The Hall–Kier alpha value is -0.850. The first kappa shape index (κ1) is 10.2. The number of carbonyl (C=O) groups excluding carboxylic acids is 1. The molecule has 0 aliphatic heterocycles. The minimum atomic E-state index is 0.405. The summed E-state index contributed by atoms with van der Waals surface area (Å²) >= 11 is 0. The van der Waals surface area contributed by atoms with Crippen molar-refractivity contribution in [3.8, 4) is 0 Å². The number of hydrogen-bond donors (Lipinski definition) is 0. The van der Waals surface area contributed by atoms with Crippen molar-refractivity contribution >= 4 is 5.78 Å². The standard InChI is InChI=1S/C12H18O/c1-2-6-12(13)10-9-11-7-4-3-5-8-11/h4,7-8H,2-3,5-6,9-10H2,1H3. The highest BCUT2D eigenvalue weighted by Gasteiger charge is 2.02. The average molecular weight is 178 g/mol. The van der Waals surface area contributed by atoms with Gasteiger partial charge < -0.3 is 0 Å². The predicted octanol–water partition coefficient (Wildman–Crippen LogP) is 3.41. The average Bonchev–Trinajstić information content (AvgIpc) is 2.17. The Bertz CT molecular complexity index is 223. The van der Waals surface area contributed by atoms with E-state index in [9.17, 15) is 4.79 Å². The minimum Gasteiger partial charge on any atom is -0.300 e. The normalized spacial score (nSPS) is 15.6. The molecule has 1 nitrogen and oxygen atoms in total. The van der Waals surface area contributed by atoms with Gasteiger partial charge in [0.2, 0.25) is 0 Å². The lowest BCUT2D eigenvalue weighted by atomic mass is 10.0. The molecule has 1 aliphatic carbocycles. The fraction of sp³-hybridized carbons (Fsp3) is 0.583. The van der Waals surface area contributed by atoms with E-state index in [1.807, 2.05) is 0 Å². The Morgan fingerprint density at radius 2 is 2.23 bits per heavy atom. The molecule has 0 aromatic rings. The minimum absolute atomic E-state index is 0.405. The third-order valence-electron chi connectivity index (χ3n) is 2.29. The summed E-state index contributed by atoms with van der Waals surface area (Å²) in [5, 5.41) is 0. The summed E-state index contributed by atoms with van der Waals surface area (Å²) in [6.07, 6.45) is 12.3. The van der Waals surface area contributed by atoms with Crippen LogP contribution in [0.25, 0.3) is 0 Å². The summed E-state index contributed by atoms with van der Waals surface area (Å²) in [4.78, 5) is 11.2. The molecule has 0 saturated heterocycles. The lowest BCUT2D eigenvalue weighted by molar-refractivity contribution is -0.119. The van der Waals surface area contributed by atoms with Crippen molar-refractivity contribution in [3.63, 3.8) is 0 Å². The van der Waals surface area contributed by atoms with Crippen LogP contribution in [-0.2, 0) is 4.79 Å². The SMILES string of the molecule is CCCC(=O)CCC1=CCCC=C1. The van der Waals surface area contributed by atoms with Crippen LogP contribution in [-0.4, -0.2) is 5.78 Å². The molecule has 0 heterocycles. The van der Waals surface area contributed by atoms with Gasteiger partial charge in [-0.2, -0.15) is 0 Å². The third-order valence-corrected chi connectivity index (χ3v) is 2.29. The summed E-state index contributed by atoms with van der Waals surface area (Å²) in [6, 6.07) is 0. The van der Waals surface area contributed by atoms with Crippen LogP contribution in [0.3, 0.4) is 0 Å². The lowest BCUT2D eigenvalue weighted by Gasteiger charge is -2.05. The Labute approximate surface area is 80.5 Å². The maximum atomic E-state index is 11.2. The molecule has 0 fully saturated rings. The molecule has 0 aromatic carbocycles. The van der Waals surface area contributed by atoms with Gasteiger partial charge in [0.15, 0.2) is 0 Å². The van der Waals surface area contributed by atoms with Gasteiger partial charge in [-0.25, -0.2) is 0 Å². The number of carbonyl (C=O) groups is 1. The molecule has 13 heavy (non-hydrogen) atoms. The summed E-state index contributed by atoms with van der Waals surface area (Å²) in [7, 11) is 0. The van der Waals surface area contributed by atoms with Gasteiger partial charge in [-0.05, 0) is 25.7 Å². The highest BCUT2D eigenvalue weighted by atomic mass is 16.1. The zero-order valence-electron chi connectivity index (χ0n) is 8.38. The maximum Gasteiger partial charge on any atom is 0.133 e. The lowest BCUT2D eigenvalue weighted by Crippen LogP contribution is -1.97. The van der Waals surface area contributed by atoms with Crippen molar-refractivity contribution in [1.29, 1.82) is 0 Å². The highest BCUT2D eigenvalue weighted by Crippen LogP contribution is 2.15. The molecule has 1 aliphatic rings. The van der Waals surface area contributed by atoms with Crippen LogP contribution in [0.1, 0.15) is 45.4 Å². The van der Waals surface area contributed by atoms with Crippen molar-refractivity contribution in [2.45, 2.75) is 45.4 Å². The first-order valence-corrected chi connectivity index (χ1v) is 5.20. The number of ketones is 1. The van der Waals surface area contributed by atoms with Gasteiger partial charge >= 0.3 is 0 Å². The van der Waals surface area contributed by atoms with E-state index in [1.165, 1.54) is 5.57 Å². The molecule has 1 heteroatoms. The van der Waals surface area contributed by atoms with E-state index < -0.39 is 0 Å². The van der Waals surface area contributed by atoms with Crippen LogP contribution in [0.2, 0.25) is 0 Å². The monoisotopic (exact) mass is 178 g/mol. The Morgan fingerprint density at radius 3 is 2.85 bits per heavy atom. The van der Waals surface area contributed by atoms with E-state index in [0.29, 0.717) is 5.78 Å². The second-order valence-corrected chi connectivity index (χ2v) is 3.55. The van der Waals surface area contributed by atoms with Crippen LogP contribution in [0.4, 0.5) is 0 Å². The van der Waals surface area contributed by atoms with Crippen molar-refractivity contribution in [1.82, 2.24) is 0 Å². The van der Waals surface area contributed by atoms with Gasteiger partial charge in [0.1, 0.15) is 5.78 Å². The number of Topliss-reactive ketones (excluding diaryl/α,β-unsaturated/α-hetero) is 1. The van der Waals surface area contributed by atoms with Gasteiger partial charge in [-0.15, -0.1) is 0 Å². The van der Waals surface area contributed by atoms with Crippen molar-refractivity contribution in [3.05, 3.63) is 23.8 Å². The van der Waals surface area contributed by atoms with E-state index in [4.69, 9.17) is 0 Å². The van der Waals surface area contributed by atoms with Gasteiger partial charge in [-0.3, -0.25) is 4.79 Å². The molecule has 0 aromatic heterocycles. The molecular weight excluding hydrogens is 160 g/mol. The summed E-state index contributed by atoms with van der Waals surface area (Å²) in [6.45, 7) is 2.05. The van der Waals surface area contributed by atoms with Crippen LogP contribution < -0.4 is 0 Å². The molecule has 0 bridgehead atoms. The van der Waals surface area contributed by atoms with Crippen LogP contribution in [0.15, 0.2) is 23.8 Å². The second-order valence-electron chi connectivity index (χ2n) is 3.55. The number of hydrogen-bond acceptors (Lipinski definition) is 1. The number of allylic oxidation sites excluding steroid dienone is 4. The summed E-state index contributed by atoms with van der Waals surface area (Å²) in [5.74, 6) is 0.405. The fourth-order valence-electron chi connectivity index (χ4n) is 1.54.